The molecule has 140 valence electrons. The Kier molecular flexibility index (Phi) is 5.81. The summed E-state index contributed by atoms with van der Waals surface area (Å²) < 4.78 is 10.6. The van der Waals surface area contributed by atoms with E-state index in [0.717, 1.165) is 22.3 Å². The van der Waals surface area contributed by atoms with Crippen LogP contribution in [0.5, 0.6) is 5.75 Å². The van der Waals surface area contributed by atoms with E-state index >= 15 is 0 Å². The Morgan fingerprint density at radius 1 is 1.15 bits per heavy atom. The van der Waals surface area contributed by atoms with Gasteiger partial charge in [-0.05, 0) is 61.7 Å². The van der Waals surface area contributed by atoms with Gasteiger partial charge in [0.2, 0.25) is 0 Å². The van der Waals surface area contributed by atoms with E-state index in [4.69, 9.17) is 21.1 Å². The molecule has 0 aliphatic rings. The largest absolute Gasteiger partial charge is 0.479 e. The fourth-order valence-corrected chi connectivity index (χ4v) is 2.86. The Morgan fingerprint density at radius 3 is 2.59 bits per heavy atom. The summed E-state index contributed by atoms with van der Waals surface area (Å²) in [6.07, 6.45) is 1.18. The number of esters is 1. The van der Waals surface area contributed by atoms with Crippen LogP contribution in [-0.2, 0) is 9.53 Å². The van der Waals surface area contributed by atoms with Crippen molar-refractivity contribution in [3.05, 3.63) is 59.8 Å². The van der Waals surface area contributed by atoms with Gasteiger partial charge in [-0.3, -0.25) is 0 Å². The highest BCUT2D eigenvalue weighted by atomic mass is 35.5. The van der Waals surface area contributed by atoms with Crippen LogP contribution in [0.2, 0.25) is 5.02 Å². The number of fused-ring (bicyclic) bond motifs is 1. The Balaban J connectivity index is 1.75. The summed E-state index contributed by atoms with van der Waals surface area (Å²) in [5, 5.41) is 2.76. The Labute approximate surface area is 163 Å². The Bertz CT molecular complexity index is 944. The maximum absolute atomic E-state index is 11.7. The lowest BCUT2D eigenvalue weighted by Gasteiger charge is -2.20. The van der Waals surface area contributed by atoms with Gasteiger partial charge in [-0.1, -0.05) is 17.7 Å². The van der Waals surface area contributed by atoms with Crippen molar-refractivity contribution < 1.29 is 14.3 Å². The lowest BCUT2D eigenvalue weighted by atomic mass is 10.1. The van der Waals surface area contributed by atoms with E-state index in [0.29, 0.717) is 17.4 Å². The molecule has 0 radical (unpaired) electrons. The number of nitrogens with zero attached hydrogens (tertiary/aromatic N) is 2. The van der Waals surface area contributed by atoms with Gasteiger partial charge < -0.3 is 14.4 Å². The molecule has 1 unspecified atom stereocenters. The van der Waals surface area contributed by atoms with Gasteiger partial charge in [-0.25, -0.2) is 9.78 Å². The van der Waals surface area contributed by atoms with Gasteiger partial charge in [0.05, 0.1) is 6.61 Å². The first-order valence-corrected chi connectivity index (χ1v) is 9.08. The molecule has 0 fully saturated rings. The lowest BCUT2D eigenvalue weighted by Crippen LogP contribution is -2.26. The van der Waals surface area contributed by atoms with Gasteiger partial charge in [0.1, 0.15) is 11.6 Å². The summed E-state index contributed by atoms with van der Waals surface area (Å²) in [5.41, 5.74) is 0.944. The maximum atomic E-state index is 11.7. The molecular weight excluding hydrogens is 364 g/mol. The van der Waals surface area contributed by atoms with E-state index in [-0.39, 0.29) is 5.97 Å². The predicted octanol–water partition coefficient (Wildman–Crippen LogP) is 4.99. The second-order valence-electron chi connectivity index (χ2n) is 6.10. The zero-order valence-corrected chi connectivity index (χ0v) is 16.2. The summed E-state index contributed by atoms with van der Waals surface area (Å²) in [4.78, 5) is 18.2. The van der Waals surface area contributed by atoms with E-state index in [2.05, 4.69) is 4.98 Å². The van der Waals surface area contributed by atoms with Crippen LogP contribution in [0.25, 0.3) is 10.8 Å². The number of benzene rings is 2. The average molecular weight is 385 g/mol. The van der Waals surface area contributed by atoms with Gasteiger partial charge in [-0.2, -0.15) is 0 Å². The fourth-order valence-electron chi connectivity index (χ4n) is 2.68. The maximum Gasteiger partial charge on any atom is 0.347 e. The van der Waals surface area contributed by atoms with Crippen molar-refractivity contribution in [2.45, 2.75) is 20.0 Å². The molecule has 5 nitrogen and oxygen atoms in total. The number of carbonyl (C=O) groups is 1. The van der Waals surface area contributed by atoms with E-state index in [1.165, 1.54) is 0 Å². The summed E-state index contributed by atoms with van der Waals surface area (Å²) in [6, 6.07) is 15.2. The van der Waals surface area contributed by atoms with Crippen LogP contribution in [0.1, 0.15) is 13.8 Å². The van der Waals surface area contributed by atoms with Crippen LogP contribution in [0.3, 0.4) is 0 Å². The monoisotopic (exact) mass is 384 g/mol. The van der Waals surface area contributed by atoms with Gasteiger partial charge in [0, 0.05) is 29.3 Å². The molecule has 1 heterocycles. The molecule has 0 aliphatic carbocycles. The lowest BCUT2D eigenvalue weighted by molar-refractivity contribution is -0.150. The molecule has 0 bridgehead atoms. The topological polar surface area (TPSA) is 51.7 Å². The van der Waals surface area contributed by atoms with Gasteiger partial charge in [0.25, 0.3) is 0 Å². The summed E-state index contributed by atoms with van der Waals surface area (Å²) >= 11 is 6.09. The summed E-state index contributed by atoms with van der Waals surface area (Å²) in [5.74, 6) is 1.03. The molecule has 6 heteroatoms. The molecule has 3 aromatic rings. The minimum absolute atomic E-state index is 0.334. The van der Waals surface area contributed by atoms with Gasteiger partial charge in [0.15, 0.2) is 6.10 Å². The Morgan fingerprint density at radius 2 is 1.89 bits per heavy atom. The van der Waals surface area contributed by atoms with Crippen molar-refractivity contribution >= 4 is 39.8 Å². The quantitative estimate of drug-likeness (QED) is 0.560. The number of rotatable bonds is 6. The molecule has 0 aliphatic heterocycles. The van der Waals surface area contributed by atoms with E-state index in [1.807, 2.05) is 66.7 Å². The van der Waals surface area contributed by atoms with Gasteiger partial charge >= 0.3 is 5.97 Å². The Hall–Kier alpha value is -2.79. The predicted molar refractivity (Wildman–Crippen MR) is 108 cm³/mol. The number of aromatic nitrogens is 1. The molecule has 27 heavy (non-hydrogen) atoms. The molecule has 0 saturated heterocycles. The third kappa shape index (κ3) is 4.49. The number of carbonyl (C=O) groups excluding carboxylic acids is 1. The molecule has 1 aromatic heterocycles. The molecule has 0 spiro atoms. The summed E-state index contributed by atoms with van der Waals surface area (Å²) in [6.45, 7) is 3.77. The highest BCUT2D eigenvalue weighted by molar-refractivity contribution is 6.31. The van der Waals surface area contributed by atoms with Crippen LogP contribution in [0.4, 0.5) is 11.5 Å². The second kappa shape index (κ2) is 8.27. The smallest absolute Gasteiger partial charge is 0.347 e. The molecule has 1 atom stereocenters. The van der Waals surface area contributed by atoms with Crippen molar-refractivity contribution in [3.63, 3.8) is 0 Å². The van der Waals surface area contributed by atoms with E-state index < -0.39 is 6.10 Å². The third-order valence-corrected chi connectivity index (χ3v) is 4.40. The standard InChI is InChI=1S/C21H21ClN2O3/c1-4-26-21(25)14(2)27-19-9-7-18(8-10-19)24(3)20-12-16-11-17(22)6-5-15(16)13-23-20/h5-14H,4H2,1-3H3. The van der Waals surface area contributed by atoms with Crippen molar-refractivity contribution in [1.82, 2.24) is 4.98 Å². The van der Waals surface area contributed by atoms with Crippen molar-refractivity contribution in [1.29, 1.82) is 0 Å². The highest BCUT2D eigenvalue weighted by Gasteiger charge is 2.16. The zero-order valence-electron chi connectivity index (χ0n) is 15.5. The number of hydrogen-bond donors (Lipinski definition) is 0. The van der Waals surface area contributed by atoms with Crippen molar-refractivity contribution in [2.24, 2.45) is 0 Å². The van der Waals surface area contributed by atoms with Gasteiger partial charge in [-0.15, -0.1) is 0 Å². The first-order valence-electron chi connectivity index (χ1n) is 8.70. The fraction of sp³-hybridized carbons (Fsp3) is 0.238. The van der Waals surface area contributed by atoms with Crippen LogP contribution < -0.4 is 9.64 Å². The summed E-state index contributed by atoms with van der Waals surface area (Å²) in [7, 11) is 1.94. The molecule has 2 aromatic carbocycles. The molecule has 0 amide bonds. The minimum Gasteiger partial charge on any atom is -0.479 e. The van der Waals surface area contributed by atoms with Crippen molar-refractivity contribution in [2.75, 3.05) is 18.6 Å². The number of halogens is 1. The van der Waals surface area contributed by atoms with Crippen molar-refractivity contribution in [3.8, 4) is 5.75 Å². The van der Waals surface area contributed by atoms with Crippen LogP contribution in [0, 0.1) is 0 Å². The van der Waals surface area contributed by atoms with Crippen LogP contribution >= 0.6 is 11.6 Å². The molecular formula is C21H21ClN2O3. The normalized spacial score (nSPS) is 11.9. The van der Waals surface area contributed by atoms with E-state index in [1.54, 1.807) is 13.8 Å². The zero-order chi connectivity index (χ0) is 19.4. The highest BCUT2D eigenvalue weighted by Crippen LogP contribution is 2.28. The number of ether oxygens (including phenoxy) is 2. The number of pyridine rings is 1. The average Bonchev–Trinajstić information content (AvgIpc) is 2.67. The third-order valence-electron chi connectivity index (χ3n) is 4.17. The molecule has 0 saturated carbocycles. The van der Waals surface area contributed by atoms with E-state index in [9.17, 15) is 4.79 Å². The molecule has 0 N–H and O–H groups in total. The van der Waals surface area contributed by atoms with Crippen LogP contribution in [0.15, 0.2) is 54.7 Å². The second-order valence-corrected chi connectivity index (χ2v) is 6.54. The first kappa shape index (κ1) is 19.0. The first-order chi connectivity index (χ1) is 13.0. The SMILES string of the molecule is CCOC(=O)C(C)Oc1ccc(N(C)c2cc3cc(Cl)ccc3cn2)cc1. The molecule has 3 rings (SSSR count). The minimum atomic E-state index is -0.652. The number of anilines is 2. The number of hydrogen-bond acceptors (Lipinski definition) is 5. The van der Waals surface area contributed by atoms with Crippen LogP contribution in [-0.4, -0.2) is 30.7 Å².